The molecule has 3 heteroatoms. The van der Waals surface area contributed by atoms with Gasteiger partial charge in [-0.05, 0) is 12.8 Å². The lowest BCUT2D eigenvalue weighted by Crippen LogP contribution is -2.27. The lowest BCUT2D eigenvalue weighted by Gasteiger charge is -2.25. The maximum atomic E-state index is 4.05. The largest absolute Gasteiger partial charge is 0.205 e. The van der Waals surface area contributed by atoms with Crippen LogP contribution in [0.25, 0.3) is 0 Å². The van der Waals surface area contributed by atoms with Crippen molar-refractivity contribution in [1.82, 2.24) is 0 Å². The van der Waals surface area contributed by atoms with Crippen LogP contribution in [-0.4, -0.2) is 12.4 Å². The molecule has 0 saturated carbocycles. The summed E-state index contributed by atoms with van der Waals surface area (Å²) in [6, 6.07) is 0. The summed E-state index contributed by atoms with van der Waals surface area (Å²) in [6.07, 6.45) is 3.94. The van der Waals surface area contributed by atoms with Crippen molar-refractivity contribution in [1.29, 1.82) is 0 Å². The number of rotatable bonds is 1. The van der Waals surface area contributed by atoms with Crippen molar-refractivity contribution in [2.75, 3.05) is 0 Å². The van der Waals surface area contributed by atoms with Gasteiger partial charge in [0, 0.05) is 17.8 Å². The smallest absolute Gasteiger partial charge is 0.114 e. The lowest BCUT2D eigenvalue weighted by atomic mass is 9.82. The van der Waals surface area contributed by atoms with Crippen LogP contribution < -0.4 is 0 Å². The summed E-state index contributed by atoms with van der Waals surface area (Å²) in [5.41, 5.74) is 0.0747. The minimum Gasteiger partial charge on any atom is -0.205 e. The average molecular weight is 156 g/mol. The second kappa shape index (κ2) is 2.74. The van der Waals surface area contributed by atoms with Crippen molar-refractivity contribution >= 4 is 24.6 Å². The first-order valence-electron chi connectivity index (χ1n) is 3.40. The molecule has 0 fully saturated rings. The number of nitrogens with zero attached hydrogens (tertiary/aromatic N) is 2. The van der Waals surface area contributed by atoms with Crippen LogP contribution in [0.2, 0.25) is 0 Å². The molecule has 0 aromatic heterocycles. The highest BCUT2D eigenvalue weighted by atomic mass is 32.2. The molecule has 2 nitrogen and oxygen atoms in total. The Morgan fingerprint density at radius 1 is 1.30 bits per heavy atom. The van der Waals surface area contributed by atoms with E-state index in [2.05, 4.69) is 29.6 Å². The number of hydrogen-bond acceptors (Lipinski definition) is 3. The van der Waals surface area contributed by atoms with Crippen LogP contribution in [0.1, 0.15) is 20.8 Å². The van der Waals surface area contributed by atoms with Gasteiger partial charge in [0.15, 0.2) is 0 Å². The van der Waals surface area contributed by atoms with Gasteiger partial charge in [0.25, 0.3) is 0 Å². The highest BCUT2D eigenvalue weighted by Gasteiger charge is 2.25. The maximum absolute atomic E-state index is 4.05. The minimum absolute atomic E-state index is 0.0747. The molecule has 1 rings (SSSR count). The van der Waals surface area contributed by atoms with Gasteiger partial charge in [-0.3, -0.25) is 0 Å². The molecular formula is C7H12N2S. The Morgan fingerprint density at radius 3 is 2.10 bits per heavy atom. The van der Waals surface area contributed by atoms with Gasteiger partial charge >= 0.3 is 0 Å². The highest BCUT2D eigenvalue weighted by molar-refractivity contribution is 7.97. The summed E-state index contributed by atoms with van der Waals surface area (Å²) < 4.78 is 8.09. The molecule has 0 atom stereocenters. The highest BCUT2D eigenvalue weighted by Crippen LogP contribution is 2.27. The summed E-state index contributed by atoms with van der Waals surface area (Å²) in [4.78, 5) is 0. The first-order chi connectivity index (χ1) is 4.65. The third-order valence-corrected chi connectivity index (χ3v) is 2.40. The van der Waals surface area contributed by atoms with Gasteiger partial charge < -0.3 is 0 Å². The van der Waals surface area contributed by atoms with E-state index in [9.17, 15) is 0 Å². The first kappa shape index (κ1) is 7.79. The van der Waals surface area contributed by atoms with E-state index in [1.165, 1.54) is 12.1 Å². The molecule has 1 heterocycles. The van der Waals surface area contributed by atoms with Crippen molar-refractivity contribution in [2.45, 2.75) is 20.8 Å². The van der Waals surface area contributed by atoms with E-state index in [0.717, 1.165) is 0 Å². The summed E-state index contributed by atoms with van der Waals surface area (Å²) in [6.45, 7) is 6.49. The van der Waals surface area contributed by atoms with E-state index >= 15 is 0 Å². The molecule has 1 aliphatic rings. The van der Waals surface area contributed by atoms with Crippen LogP contribution >= 0.6 is 12.1 Å². The van der Waals surface area contributed by atoms with Gasteiger partial charge in [0.2, 0.25) is 0 Å². The fourth-order valence-electron chi connectivity index (χ4n) is 0.633. The molecule has 10 heavy (non-hydrogen) atoms. The molecule has 0 bridgehead atoms. The minimum atomic E-state index is 0.0747. The van der Waals surface area contributed by atoms with Gasteiger partial charge in [-0.25, -0.2) is 8.80 Å². The summed E-state index contributed by atoms with van der Waals surface area (Å²) >= 11 is 1.25. The third-order valence-electron chi connectivity index (χ3n) is 2.00. The Balaban J connectivity index is 2.75. The molecular weight excluding hydrogens is 144 g/mol. The van der Waals surface area contributed by atoms with Crippen LogP contribution in [0, 0.1) is 11.3 Å². The third kappa shape index (κ3) is 1.40. The van der Waals surface area contributed by atoms with Crippen molar-refractivity contribution < 1.29 is 0 Å². The van der Waals surface area contributed by atoms with Crippen LogP contribution in [0.4, 0.5) is 0 Å². The zero-order chi connectivity index (χ0) is 7.61. The van der Waals surface area contributed by atoms with Crippen molar-refractivity contribution in [3.63, 3.8) is 0 Å². The standard InChI is InChI=1S/C7H12N2S/c1-6(2)7(3)4-8-10-9-5-7/h4-6H,1-3H3. The Kier molecular flexibility index (Phi) is 2.14. The lowest BCUT2D eigenvalue weighted by molar-refractivity contribution is 0.464. The fourth-order valence-corrected chi connectivity index (χ4v) is 1.24. The van der Waals surface area contributed by atoms with E-state index in [-0.39, 0.29) is 5.41 Å². The molecule has 56 valence electrons. The van der Waals surface area contributed by atoms with Gasteiger partial charge in [0.1, 0.15) is 12.1 Å². The van der Waals surface area contributed by atoms with E-state index in [1.807, 2.05) is 12.4 Å². The van der Waals surface area contributed by atoms with Crippen LogP contribution in [0.15, 0.2) is 8.80 Å². The predicted octanol–water partition coefficient (Wildman–Crippen LogP) is 2.37. The first-order valence-corrected chi connectivity index (χ1v) is 4.13. The van der Waals surface area contributed by atoms with Gasteiger partial charge in [-0.15, -0.1) is 0 Å². The second-order valence-corrected chi connectivity index (χ2v) is 3.66. The Bertz CT molecular complexity index is 160. The van der Waals surface area contributed by atoms with Gasteiger partial charge in [0.05, 0.1) is 0 Å². The second-order valence-electron chi connectivity index (χ2n) is 3.07. The molecule has 0 aromatic rings. The molecule has 0 spiro atoms. The van der Waals surface area contributed by atoms with E-state index < -0.39 is 0 Å². The van der Waals surface area contributed by atoms with E-state index in [0.29, 0.717) is 5.92 Å². The maximum Gasteiger partial charge on any atom is 0.114 e. The molecule has 0 amide bonds. The van der Waals surface area contributed by atoms with E-state index in [1.54, 1.807) is 0 Å². The zero-order valence-corrected chi connectivity index (χ0v) is 7.35. The van der Waals surface area contributed by atoms with Crippen molar-refractivity contribution in [2.24, 2.45) is 20.1 Å². The fraction of sp³-hybridized carbons (Fsp3) is 0.714. The van der Waals surface area contributed by atoms with E-state index in [4.69, 9.17) is 0 Å². The molecule has 1 aliphatic heterocycles. The molecule has 0 saturated heterocycles. The van der Waals surface area contributed by atoms with Crippen LogP contribution in [0.5, 0.6) is 0 Å². The van der Waals surface area contributed by atoms with Gasteiger partial charge in [-0.1, -0.05) is 13.8 Å². The molecule has 0 aliphatic carbocycles. The molecule has 0 N–H and O–H groups in total. The van der Waals surface area contributed by atoms with Crippen LogP contribution in [0.3, 0.4) is 0 Å². The normalized spacial score (nSPS) is 22.0. The van der Waals surface area contributed by atoms with Crippen molar-refractivity contribution in [3.05, 3.63) is 0 Å². The number of hydrogen-bond donors (Lipinski definition) is 0. The quantitative estimate of drug-likeness (QED) is 0.535. The predicted molar refractivity (Wildman–Crippen MR) is 47.5 cm³/mol. The topological polar surface area (TPSA) is 24.7 Å². The summed E-state index contributed by atoms with van der Waals surface area (Å²) in [5, 5.41) is 0. The molecule has 0 aromatic carbocycles. The monoisotopic (exact) mass is 156 g/mol. The SMILES string of the molecule is CC(C)C1(C)C=NSN=C1. The Hall–Kier alpha value is -0.310. The van der Waals surface area contributed by atoms with Crippen LogP contribution in [-0.2, 0) is 0 Å². The molecule has 0 unspecified atom stereocenters. The Morgan fingerprint density at radius 2 is 1.80 bits per heavy atom. The Labute approximate surface area is 66.1 Å². The summed E-state index contributed by atoms with van der Waals surface area (Å²) in [5.74, 6) is 0.570. The average Bonchev–Trinajstić information content (AvgIpc) is 1.89. The summed E-state index contributed by atoms with van der Waals surface area (Å²) in [7, 11) is 0. The van der Waals surface area contributed by atoms with Gasteiger partial charge in [-0.2, -0.15) is 0 Å². The zero-order valence-electron chi connectivity index (χ0n) is 6.53. The van der Waals surface area contributed by atoms with Crippen molar-refractivity contribution in [3.8, 4) is 0 Å². The molecule has 0 radical (unpaired) electrons.